The Morgan fingerprint density at radius 3 is 2.64 bits per heavy atom. The molecule has 0 aliphatic heterocycles. The molecule has 0 spiro atoms. The summed E-state index contributed by atoms with van der Waals surface area (Å²) in [6, 6.07) is 3.76. The van der Waals surface area contributed by atoms with Gasteiger partial charge in [-0.15, -0.1) is 11.3 Å². The Balaban J connectivity index is 2.72. The zero-order chi connectivity index (χ0) is 16.5. The molecule has 1 rings (SSSR count). The van der Waals surface area contributed by atoms with Crippen molar-refractivity contribution in [3.05, 3.63) is 21.9 Å². The number of thiophene rings is 1. The first-order valence-electron chi connectivity index (χ1n) is 7.50. The number of hydrogen-bond acceptors (Lipinski definition) is 5. The highest BCUT2D eigenvalue weighted by atomic mass is 32.1. The van der Waals surface area contributed by atoms with Gasteiger partial charge in [0.1, 0.15) is 0 Å². The first-order valence-corrected chi connectivity index (χ1v) is 8.32. The first kappa shape index (κ1) is 18.6. The van der Waals surface area contributed by atoms with Crippen molar-refractivity contribution in [3.63, 3.8) is 0 Å². The van der Waals surface area contributed by atoms with Gasteiger partial charge in [-0.25, -0.2) is 0 Å². The molecule has 6 heteroatoms. The van der Waals surface area contributed by atoms with Gasteiger partial charge >= 0.3 is 5.97 Å². The fraction of sp³-hybridized carbons (Fsp3) is 0.625. The van der Waals surface area contributed by atoms with E-state index in [0.717, 1.165) is 11.3 Å². The minimum absolute atomic E-state index is 0.0367. The Morgan fingerprint density at radius 1 is 1.36 bits per heavy atom. The van der Waals surface area contributed by atoms with Crippen LogP contribution in [-0.4, -0.2) is 50.2 Å². The van der Waals surface area contributed by atoms with E-state index < -0.39 is 0 Å². The largest absolute Gasteiger partial charge is 0.469 e. The van der Waals surface area contributed by atoms with Crippen LogP contribution in [0.15, 0.2) is 12.1 Å². The van der Waals surface area contributed by atoms with E-state index in [1.54, 1.807) is 11.8 Å². The van der Waals surface area contributed by atoms with Gasteiger partial charge in [0.05, 0.1) is 17.9 Å². The zero-order valence-electron chi connectivity index (χ0n) is 13.8. The summed E-state index contributed by atoms with van der Waals surface area (Å²) in [4.78, 5) is 27.7. The van der Waals surface area contributed by atoms with E-state index in [1.807, 2.05) is 26.0 Å². The van der Waals surface area contributed by atoms with Crippen LogP contribution in [0.25, 0.3) is 0 Å². The fourth-order valence-electron chi connectivity index (χ4n) is 2.09. The molecule has 1 atom stereocenters. The molecule has 1 aromatic heterocycles. The summed E-state index contributed by atoms with van der Waals surface area (Å²) in [6.45, 7) is 7.88. The molecule has 124 valence electrons. The molecule has 0 aromatic carbocycles. The van der Waals surface area contributed by atoms with Crippen molar-refractivity contribution in [2.45, 2.75) is 27.2 Å². The van der Waals surface area contributed by atoms with Crippen molar-refractivity contribution in [1.82, 2.24) is 4.90 Å². The van der Waals surface area contributed by atoms with Crippen LogP contribution in [-0.2, 0) is 14.3 Å². The van der Waals surface area contributed by atoms with Crippen molar-refractivity contribution < 1.29 is 19.1 Å². The second-order valence-electron chi connectivity index (χ2n) is 5.14. The third-order valence-corrected chi connectivity index (χ3v) is 4.25. The van der Waals surface area contributed by atoms with Crippen LogP contribution < -0.4 is 0 Å². The molecule has 0 saturated carbocycles. The van der Waals surface area contributed by atoms with Gasteiger partial charge in [-0.1, -0.05) is 6.92 Å². The number of amides is 1. The minimum atomic E-state index is -0.345. The molecular formula is C16H25NO4S. The van der Waals surface area contributed by atoms with Gasteiger partial charge in [0.2, 0.25) is 0 Å². The Labute approximate surface area is 136 Å². The van der Waals surface area contributed by atoms with Crippen LogP contribution in [0.2, 0.25) is 0 Å². The maximum Gasteiger partial charge on any atom is 0.310 e. The Bertz CT molecular complexity index is 486. The Morgan fingerprint density at radius 2 is 2.09 bits per heavy atom. The molecular weight excluding hydrogens is 302 g/mol. The highest BCUT2D eigenvalue weighted by Gasteiger charge is 2.23. The molecule has 0 fully saturated rings. The predicted molar refractivity (Wildman–Crippen MR) is 87.2 cm³/mol. The summed E-state index contributed by atoms with van der Waals surface area (Å²) in [5.41, 5.74) is 0. The normalized spacial score (nSPS) is 12.0. The molecule has 0 aliphatic rings. The van der Waals surface area contributed by atoms with Crippen LogP contribution in [0.3, 0.4) is 0 Å². The fourth-order valence-corrected chi connectivity index (χ4v) is 2.92. The molecule has 5 nitrogen and oxygen atoms in total. The summed E-state index contributed by atoms with van der Waals surface area (Å²) < 4.78 is 10.1. The third kappa shape index (κ3) is 5.77. The van der Waals surface area contributed by atoms with Crippen LogP contribution in [0.4, 0.5) is 0 Å². The Kier molecular flexibility index (Phi) is 8.12. The van der Waals surface area contributed by atoms with Gasteiger partial charge in [0.25, 0.3) is 5.91 Å². The maximum atomic E-state index is 12.6. The number of carbonyl (C=O) groups excluding carboxylic acids is 2. The van der Waals surface area contributed by atoms with Crippen LogP contribution in [0, 0.1) is 12.8 Å². The molecule has 1 aromatic rings. The van der Waals surface area contributed by atoms with Crippen molar-refractivity contribution in [2.75, 3.05) is 33.4 Å². The lowest BCUT2D eigenvalue weighted by atomic mass is 10.1. The van der Waals surface area contributed by atoms with Gasteiger partial charge < -0.3 is 14.4 Å². The summed E-state index contributed by atoms with van der Waals surface area (Å²) >= 11 is 1.47. The molecule has 1 heterocycles. The molecule has 0 unspecified atom stereocenters. The monoisotopic (exact) mass is 327 g/mol. The summed E-state index contributed by atoms with van der Waals surface area (Å²) in [5.74, 6) is -0.683. The second kappa shape index (κ2) is 9.58. The molecule has 0 radical (unpaired) electrons. The van der Waals surface area contributed by atoms with Crippen LogP contribution in [0.5, 0.6) is 0 Å². The number of methoxy groups -OCH3 is 1. The van der Waals surface area contributed by atoms with Gasteiger partial charge in [-0.05, 0) is 32.4 Å². The number of ether oxygens (including phenoxy) is 2. The van der Waals surface area contributed by atoms with Gasteiger partial charge in [-0.2, -0.15) is 0 Å². The topological polar surface area (TPSA) is 55.8 Å². The van der Waals surface area contributed by atoms with Gasteiger partial charge in [0, 0.05) is 31.2 Å². The molecule has 0 aliphatic carbocycles. The molecule has 1 amide bonds. The van der Waals surface area contributed by atoms with Crippen LogP contribution in [0.1, 0.15) is 34.8 Å². The molecule has 0 N–H and O–H groups in total. The Hall–Kier alpha value is -1.40. The van der Waals surface area contributed by atoms with E-state index >= 15 is 0 Å². The molecule has 0 saturated heterocycles. The summed E-state index contributed by atoms with van der Waals surface area (Å²) in [5, 5.41) is 0. The first-order chi connectivity index (χ1) is 10.5. The highest BCUT2D eigenvalue weighted by Crippen LogP contribution is 2.18. The quantitative estimate of drug-likeness (QED) is 0.517. The number of hydrogen-bond donors (Lipinski definition) is 0. The lowest BCUT2D eigenvalue weighted by Crippen LogP contribution is -2.38. The predicted octanol–water partition coefficient (Wildman–Crippen LogP) is 2.73. The summed E-state index contributed by atoms with van der Waals surface area (Å²) in [7, 11) is 1.36. The zero-order valence-corrected chi connectivity index (χ0v) is 14.6. The average Bonchev–Trinajstić information content (AvgIpc) is 2.95. The van der Waals surface area contributed by atoms with Gasteiger partial charge in [0.15, 0.2) is 0 Å². The van der Waals surface area contributed by atoms with E-state index in [2.05, 4.69) is 0 Å². The van der Waals surface area contributed by atoms with E-state index in [1.165, 1.54) is 18.4 Å². The average molecular weight is 327 g/mol. The number of aryl methyl sites for hydroxylation is 1. The van der Waals surface area contributed by atoms with Crippen molar-refractivity contribution in [1.29, 1.82) is 0 Å². The number of esters is 1. The molecule has 0 bridgehead atoms. The molecule has 22 heavy (non-hydrogen) atoms. The van der Waals surface area contributed by atoms with Crippen molar-refractivity contribution in [3.8, 4) is 0 Å². The van der Waals surface area contributed by atoms with Crippen LogP contribution >= 0.6 is 11.3 Å². The number of rotatable bonds is 9. The van der Waals surface area contributed by atoms with Gasteiger partial charge in [-0.3, -0.25) is 9.59 Å². The maximum absolute atomic E-state index is 12.6. The summed E-state index contributed by atoms with van der Waals surface area (Å²) in [6.07, 6.45) is 0.748. The standard InChI is InChI=1S/C16H25NO4S/c1-5-21-10-6-9-17(11-12(2)16(19)20-4)15(18)14-8-7-13(3)22-14/h7-8,12H,5-6,9-11H2,1-4H3/t12-/m1/s1. The van der Waals surface area contributed by atoms with E-state index in [9.17, 15) is 9.59 Å². The van der Waals surface area contributed by atoms with Crippen molar-refractivity contribution in [2.24, 2.45) is 5.92 Å². The lowest BCUT2D eigenvalue weighted by molar-refractivity contribution is -0.145. The lowest BCUT2D eigenvalue weighted by Gasteiger charge is -2.24. The van der Waals surface area contributed by atoms with E-state index in [0.29, 0.717) is 31.2 Å². The second-order valence-corrected chi connectivity index (χ2v) is 6.42. The highest BCUT2D eigenvalue weighted by molar-refractivity contribution is 7.13. The van der Waals surface area contributed by atoms with E-state index in [-0.39, 0.29) is 17.8 Å². The smallest absolute Gasteiger partial charge is 0.310 e. The number of carbonyl (C=O) groups is 2. The third-order valence-electron chi connectivity index (χ3n) is 3.26. The van der Waals surface area contributed by atoms with E-state index in [4.69, 9.17) is 9.47 Å². The number of nitrogens with zero attached hydrogens (tertiary/aromatic N) is 1. The minimum Gasteiger partial charge on any atom is -0.469 e. The van der Waals surface area contributed by atoms with Crippen molar-refractivity contribution >= 4 is 23.2 Å². The SMILES string of the molecule is CCOCCCN(C[C@@H](C)C(=O)OC)C(=O)c1ccc(C)s1.